The number of pyridine rings is 1. The first-order valence-electron chi connectivity index (χ1n) is 6.95. The number of aromatic hydroxyl groups is 1. The fourth-order valence-corrected chi connectivity index (χ4v) is 2.65. The summed E-state index contributed by atoms with van der Waals surface area (Å²) in [5, 5.41) is 9.92. The molecule has 1 saturated heterocycles. The number of aromatic nitrogens is 1. The maximum atomic E-state index is 11.5. The van der Waals surface area contributed by atoms with E-state index in [1.807, 2.05) is 11.8 Å². The number of carbonyl (C=O) groups is 1. The second kappa shape index (κ2) is 5.40. The van der Waals surface area contributed by atoms with Crippen LogP contribution in [0.5, 0.6) is 5.75 Å². The van der Waals surface area contributed by atoms with Gasteiger partial charge in [0.1, 0.15) is 5.75 Å². The summed E-state index contributed by atoms with van der Waals surface area (Å²) in [5.74, 6) is 0.356. The largest absolute Gasteiger partial charge is 0.506 e. The molecule has 5 heteroatoms. The standard InChI is InChI=1S/C15H23N3O2/c1-11-5-6-14(20)13(16-11)9-18-8-7-17(12(2)19)10-15(18,3)4/h5-6,20H,7-10H2,1-4H3. The minimum atomic E-state index is -0.123. The minimum absolute atomic E-state index is 0.120. The first-order chi connectivity index (χ1) is 9.29. The molecule has 1 aliphatic rings. The zero-order valence-electron chi connectivity index (χ0n) is 12.7. The van der Waals surface area contributed by atoms with E-state index in [4.69, 9.17) is 0 Å². The Labute approximate surface area is 120 Å². The number of hydrogen-bond donors (Lipinski definition) is 1. The number of aryl methyl sites for hydroxylation is 1. The second-order valence-corrected chi connectivity index (χ2v) is 6.09. The first kappa shape index (κ1) is 14.8. The third kappa shape index (κ3) is 3.10. The highest BCUT2D eigenvalue weighted by Crippen LogP contribution is 2.25. The van der Waals surface area contributed by atoms with E-state index in [1.54, 1.807) is 19.1 Å². The van der Waals surface area contributed by atoms with Crippen LogP contribution in [0.3, 0.4) is 0 Å². The highest BCUT2D eigenvalue weighted by Gasteiger charge is 2.35. The molecule has 5 nitrogen and oxygen atoms in total. The van der Waals surface area contributed by atoms with Gasteiger partial charge in [-0.05, 0) is 32.9 Å². The van der Waals surface area contributed by atoms with Gasteiger partial charge < -0.3 is 10.0 Å². The molecule has 2 heterocycles. The van der Waals surface area contributed by atoms with Crippen molar-refractivity contribution in [3.05, 3.63) is 23.5 Å². The summed E-state index contributed by atoms with van der Waals surface area (Å²) in [6.07, 6.45) is 0. The molecule has 0 aromatic carbocycles. The molecule has 1 aromatic rings. The van der Waals surface area contributed by atoms with Crippen molar-refractivity contribution < 1.29 is 9.90 Å². The van der Waals surface area contributed by atoms with Gasteiger partial charge in [0.05, 0.1) is 5.69 Å². The number of nitrogens with zero attached hydrogens (tertiary/aromatic N) is 3. The van der Waals surface area contributed by atoms with Crippen LogP contribution < -0.4 is 0 Å². The Morgan fingerprint density at radius 3 is 2.70 bits per heavy atom. The third-order valence-corrected chi connectivity index (χ3v) is 3.95. The Bertz CT molecular complexity index is 514. The fraction of sp³-hybridized carbons (Fsp3) is 0.600. The van der Waals surface area contributed by atoms with Gasteiger partial charge in [0.2, 0.25) is 5.91 Å². The van der Waals surface area contributed by atoms with E-state index in [1.165, 1.54) is 0 Å². The van der Waals surface area contributed by atoms with Gasteiger partial charge in [-0.15, -0.1) is 0 Å². The van der Waals surface area contributed by atoms with Crippen molar-refractivity contribution in [3.63, 3.8) is 0 Å². The third-order valence-electron chi connectivity index (χ3n) is 3.95. The van der Waals surface area contributed by atoms with Gasteiger partial charge in [-0.3, -0.25) is 14.7 Å². The predicted octanol–water partition coefficient (Wildman–Crippen LogP) is 1.54. The van der Waals surface area contributed by atoms with E-state index in [-0.39, 0.29) is 17.2 Å². The van der Waals surface area contributed by atoms with Crippen LogP contribution in [0.2, 0.25) is 0 Å². The fourth-order valence-electron chi connectivity index (χ4n) is 2.65. The van der Waals surface area contributed by atoms with Crippen molar-refractivity contribution in [2.75, 3.05) is 19.6 Å². The van der Waals surface area contributed by atoms with Crippen LogP contribution in [-0.4, -0.2) is 51.0 Å². The topological polar surface area (TPSA) is 56.7 Å². The first-order valence-corrected chi connectivity index (χ1v) is 6.95. The van der Waals surface area contributed by atoms with Crippen LogP contribution in [0.4, 0.5) is 0 Å². The molecule has 0 unspecified atom stereocenters. The van der Waals surface area contributed by atoms with Gasteiger partial charge >= 0.3 is 0 Å². The second-order valence-electron chi connectivity index (χ2n) is 6.09. The van der Waals surface area contributed by atoms with E-state index in [2.05, 4.69) is 23.7 Å². The Balaban J connectivity index is 2.14. The van der Waals surface area contributed by atoms with Crippen LogP contribution in [-0.2, 0) is 11.3 Å². The smallest absolute Gasteiger partial charge is 0.219 e. The van der Waals surface area contributed by atoms with Crippen LogP contribution in [0.15, 0.2) is 12.1 Å². The molecular weight excluding hydrogens is 254 g/mol. The van der Waals surface area contributed by atoms with Gasteiger partial charge in [0, 0.05) is 44.3 Å². The van der Waals surface area contributed by atoms with Crippen LogP contribution in [0.1, 0.15) is 32.2 Å². The summed E-state index contributed by atoms with van der Waals surface area (Å²) in [5.41, 5.74) is 1.48. The maximum absolute atomic E-state index is 11.5. The SMILES string of the molecule is CC(=O)N1CCN(Cc2nc(C)ccc2O)C(C)(C)C1. The summed E-state index contributed by atoms with van der Waals surface area (Å²) in [6.45, 7) is 10.6. The molecule has 1 amide bonds. The molecule has 0 radical (unpaired) electrons. The van der Waals surface area contributed by atoms with Gasteiger partial charge in [-0.2, -0.15) is 0 Å². The monoisotopic (exact) mass is 277 g/mol. The summed E-state index contributed by atoms with van der Waals surface area (Å²) in [4.78, 5) is 20.1. The van der Waals surface area contributed by atoms with Crippen molar-refractivity contribution in [2.24, 2.45) is 0 Å². The zero-order valence-corrected chi connectivity index (χ0v) is 12.7. The molecule has 0 bridgehead atoms. The number of amides is 1. The lowest BCUT2D eigenvalue weighted by molar-refractivity contribution is -0.134. The Morgan fingerprint density at radius 1 is 1.40 bits per heavy atom. The molecule has 0 spiro atoms. The van der Waals surface area contributed by atoms with E-state index in [0.29, 0.717) is 18.8 Å². The van der Waals surface area contributed by atoms with Crippen molar-refractivity contribution in [2.45, 2.75) is 39.8 Å². The predicted molar refractivity (Wildman–Crippen MR) is 77.4 cm³/mol. The zero-order chi connectivity index (χ0) is 14.9. The quantitative estimate of drug-likeness (QED) is 0.891. The van der Waals surface area contributed by atoms with Crippen LogP contribution in [0.25, 0.3) is 0 Å². The van der Waals surface area contributed by atoms with Crippen molar-refractivity contribution in [1.29, 1.82) is 0 Å². The van der Waals surface area contributed by atoms with Crippen molar-refractivity contribution >= 4 is 5.91 Å². The molecule has 20 heavy (non-hydrogen) atoms. The molecule has 1 N–H and O–H groups in total. The van der Waals surface area contributed by atoms with Gasteiger partial charge in [-0.25, -0.2) is 0 Å². The summed E-state index contributed by atoms with van der Waals surface area (Å²) < 4.78 is 0. The van der Waals surface area contributed by atoms with Gasteiger partial charge in [-0.1, -0.05) is 0 Å². The number of hydrogen-bond acceptors (Lipinski definition) is 4. The molecule has 0 atom stereocenters. The molecule has 0 saturated carbocycles. The summed E-state index contributed by atoms with van der Waals surface area (Å²) in [6, 6.07) is 3.49. The van der Waals surface area contributed by atoms with E-state index in [9.17, 15) is 9.90 Å². The Hall–Kier alpha value is -1.62. The average molecular weight is 277 g/mol. The van der Waals surface area contributed by atoms with Crippen LogP contribution >= 0.6 is 0 Å². The molecule has 0 aliphatic carbocycles. The maximum Gasteiger partial charge on any atom is 0.219 e. The molecule has 1 fully saturated rings. The highest BCUT2D eigenvalue weighted by atomic mass is 16.3. The molecule has 110 valence electrons. The van der Waals surface area contributed by atoms with Crippen molar-refractivity contribution in [3.8, 4) is 5.75 Å². The summed E-state index contributed by atoms with van der Waals surface area (Å²) in [7, 11) is 0. The molecule has 1 aromatic heterocycles. The minimum Gasteiger partial charge on any atom is -0.506 e. The number of piperazine rings is 1. The number of carbonyl (C=O) groups excluding carboxylic acids is 1. The molecule has 1 aliphatic heterocycles. The Morgan fingerprint density at radius 2 is 2.10 bits per heavy atom. The van der Waals surface area contributed by atoms with Crippen LogP contribution in [0, 0.1) is 6.92 Å². The van der Waals surface area contributed by atoms with E-state index in [0.717, 1.165) is 18.8 Å². The Kier molecular flexibility index (Phi) is 3.99. The van der Waals surface area contributed by atoms with Gasteiger partial charge in [0.25, 0.3) is 0 Å². The highest BCUT2D eigenvalue weighted by molar-refractivity contribution is 5.73. The number of rotatable bonds is 2. The van der Waals surface area contributed by atoms with E-state index < -0.39 is 0 Å². The van der Waals surface area contributed by atoms with E-state index >= 15 is 0 Å². The summed E-state index contributed by atoms with van der Waals surface area (Å²) >= 11 is 0. The lowest BCUT2D eigenvalue weighted by Crippen LogP contribution is -2.59. The van der Waals surface area contributed by atoms with Gasteiger partial charge in [0.15, 0.2) is 0 Å². The lowest BCUT2D eigenvalue weighted by Gasteiger charge is -2.46. The lowest BCUT2D eigenvalue weighted by atomic mass is 9.98. The van der Waals surface area contributed by atoms with Crippen molar-refractivity contribution in [1.82, 2.24) is 14.8 Å². The average Bonchev–Trinajstić information content (AvgIpc) is 2.35. The molecule has 2 rings (SSSR count). The normalized spacial score (nSPS) is 19.1. The molecular formula is C15H23N3O2.